The Morgan fingerprint density at radius 3 is 2.38 bits per heavy atom. The lowest BCUT2D eigenvalue weighted by Gasteiger charge is -2.11. The van der Waals surface area contributed by atoms with Crippen molar-refractivity contribution in [1.82, 2.24) is 0 Å². The van der Waals surface area contributed by atoms with Crippen molar-refractivity contribution >= 4 is 10.1 Å². The third-order valence-corrected chi connectivity index (χ3v) is 5.10. The molecule has 0 saturated carbocycles. The van der Waals surface area contributed by atoms with Crippen molar-refractivity contribution in [1.29, 1.82) is 0 Å². The molecule has 0 aliphatic carbocycles. The summed E-state index contributed by atoms with van der Waals surface area (Å²) in [4.78, 5) is -0.287. The SMILES string of the molecule is CCCCCCCCc1cc(Oc2ccccc2S(=O)(=O)O)ccc1O. The Bertz CT molecular complexity index is 815. The lowest BCUT2D eigenvalue weighted by Crippen LogP contribution is -2.01. The maximum absolute atomic E-state index is 11.4. The molecule has 0 radical (unpaired) electrons. The number of ether oxygens (including phenoxy) is 1. The molecular formula is C20H26O5S. The molecule has 2 rings (SSSR count). The van der Waals surface area contributed by atoms with E-state index in [1.165, 1.54) is 49.9 Å². The summed E-state index contributed by atoms with van der Waals surface area (Å²) in [7, 11) is -4.37. The molecule has 0 saturated heterocycles. The Morgan fingerprint density at radius 1 is 0.962 bits per heavy atom. The van der Waals surface area contributed by atoms with Crippen LogP contribution in [0.3, 0.4) is 0 Å². The minimum Gasteiger partial charge on any atom is -0.508 e. The minimum absolute atomic E-state index is 0.0474. The molecule has 0 unspecified atom stereocenters. The number of para-hydroxylation sites is 1. The van der Waals surface area contributed by atoms with Crippen molar-refractivity contribution in [2.45, 2.75) is 56.8 Å². The Hall–Kier alpha value is -2.05. The van der Waals surface area contributed by atoms with Crippen LogP contribution in [0.5, 0.6) is 17.2 Å². The van der Waals surface area contributed by atoms with Gasteiger partial charge in [-0.2, -0.15) is 8.42 Å². The average molecular weight is 378 g/mol. The number of phenols is 1. The highest BCUT2D eigenvalue weighted by atomic mass is 32.2. The van der Waals surface area contributed by atoms with Crippen molar-refractivity contribution in [3.8, 4) is 17.2 Å². The van der Waals surface area contributed by atoms with E-state index < -0.39 is 10.1 Å². The van der Waals surface area contributed by atoms with Gasteiger partial charge >= 0.3 is 0 Å². The van der Waals surface area contributed by atoms with Gasteiger partial charge in [-0.3, -0.25) is 4.55 Å². The van der Waals surface area contributed by atoms with Gasteiger partial charge < -0.3 is 9.84 Å². The third kappa shape index (κ3) is 6.04. The van der Waals surface area contributed by atoms with Crippen LogP contribution in [-0.2, 0) is 16.5 Å². The van der Waals surface area contributed by atoms with Gasteiger partial charge in [0.15, 0.2) is 0 Å². The zero-order valence-corrected chi connectivity index (χ0v) is 15.8. The summed E-state index contributed by atoms with van der Waals surface area (Å²) in [5.41, 5.74) is 0.766. The van der Waals surface area contributed by atoms with Crippen molar-refractivity contribution in [2.24, 2.45) is 0 Å². The van der Waals surface area contributed by atoms with Crippen molar-refractivity contribution < 1.29 is 22.8 Å². The predicted octanol–water partition coefficient (Wildman–Crippen LogP) is 5.33. The molecule has 142 valence electrons. The van der Waals surface area contributed by atoms with E-state index in [-0.39, 0.29) is 16.4 Å². The van der Waals surface area contributed by atoms with E-state index in [4.69, 9.17) is 4.74 Å². The number of unbranched alkanes of at least 4 members (excludes halogenated alkanes) is 5. The van der Waals surface area contributed by atoms with Crippen LogP contribution in [0.2, 0.25) is 0 Å². The standard InChI is InChI=1S/C20H26O5S/c1-2-3-4-5-6-7-10-16-15-17(13-14-18(16)21)25-19-11-8-9-12-20(19)26(22,23)24/h8-9,11-15,21H,2-7,10H2,1H3,(H,22,23,24). The second kappa shape index (κ2) is 9.59. The first-order valence-electron chi connectivity index (χ1n) is 8.98. The highest BCUT2D eigenvalue weighted by Crippen LogP contribution is 2.31. The van der Waals surface area contributed by atoms with Crippen LogP contribution in [0.1, 0.15) is 51.0 Å². The zero-order chi connectivity index (χ0) is 19.0. The van der Waals surface area contributed by atoms with Gasteiger partial charge in [-0.25, -0.2) is 0 Å². The highest BCUT2D eigenvalue weighted by molar-refractivity contribution is 7.86. The Kier molecular flexibility index (Phi) is 7.48. The van der Waals surface area contributed by atoms with Crippen molar-refractivity contribution in [3.63, 3.8) is 0 Å². The van der Waals surface area contributed by atoms with Crippen molar-refractivity contribution in [3.05, 3.63) is 48.0 Å². The first kappa shape index (κ1) is 20.3. The van der Waals surface area contributed by atoms with Gasteiger partial charge in [-0.05, 0) is 48.7 Å². The fraction of sp³-hybridized carbons (Fsp3) is 0.400. The van der Waals surface area contributed by atoms with Crippen LogP contribution in [0.15, 0.2) is 47.4 Å². The first-order chi connectivity index (χ1) is 12.4. The molecule has 0 amide bonds. The quantitative estimate of drug-likeness (QED) is 0.431. The number of phenolic OH excluding ortho intramolecular Hbond substituents is 1. The number of hydrogen-bond donors (Lipinski definition) is 2. The first-order valence-corrected chi connectivity index (χ1v) is 10.4. The second-order valence-electron chi connectivity index (χ2n) is 6.33. The number of benzene rings is 2. The van der Waals surface area contributed by atoms with Gasteiger partial charge in [0.25, 0.3) is 10.1 Å². The molecule has 2 N–H and O–H groups in total. The maximum atomic E-state index is 11.4. The lowest BCUT2D eigenvalue weighted by molar-refractivity contribution is 0.442. The average Bonchev–Trinajstić information content (AvgIpc) is 2.60. The van der Waals surface area contributed by atoms with Gasteiger partial charge in [-0.15, -0.1) is 0 Å². The van der Waals surface area contributed by atoms with Crippen LogP contribution in [0.25, 0.3) is 0 Å². The van der Waals surface area contributed by atoms with Crippen molar-refractivity contribution in [2.75, 3.05) is 0 Å². The molecule has 26 heavy (non-hydrogen) atoms. The topological polar surface area (TPSA) is 83.8 Å². The molecular weight excluding hydrogens is 352 g/mol. The molecule has 2 aromatic rings. The van der Waals surface area contributed by atoms with Gasteiger partial charge in [0.2, 0.25) is 0 Å². The fourth-order valence-corrected chi connectivity index (χ4v) is 3.41. The van der Waals surface area contributed by atoms with E-state index in [2.05, 4.69) is 6.92 Å². The molecule has 0 fully saturated rings. The van der Waals surface area contributed by atoms with Gasteiger partial charge in [0.05, 0.1) is 0 Å². The van der Waals surface area contributed by atoms with E-state index in [0.29, 0.717) is 5.75 Å². The summed E-state index contributed by atoms with van der Waals surface area (Å²) in [5, 5.41) is 10.0. The van der Waals surface area contributed by atoms with Crippen LogP contribution in [-0.4, -0.2) is 18.1 Å². The van der Waals surface area contributed by atoms with Crippen LogP contribution < -0.4 is 4.74 Å². The number of rotatable bonds is 10. The number of aromatic hydroxyl groups is 1. The monoisotopic (exact) mass is 378 g/mol. The fourth-order valence-electron chi connectivity index (χ4n) is 2.80. The maximum Gasteiger partial charge on any atom is 0.298 e. The molecule has 6 heteroatoms. The molecule has 0 aliphatic heterocycles. The molecule has 0 aromatic heterocycles. The van der Waals surface area contributed by atoms with E-state index in [9.17, 15) is 18.1 Å². The van der Waals surface area contributed by atoms with Crippen LogP contribution in [0, 0.1) is 0 Å². The summed E-state index contributed by atoms with van der Waals surface area (Å²) in [5.74, 6) is 0.667. The molecule has 2 aromatic carbocycles. The smallest absolute Gasteiger partial charge is 0.298 e. The summed E-state index contributed by atoms with van der Waals surface area (Å²) >= 11 is 0. The Labute approximate surface area is 155 Å². The van der Waals surface area contributed by atoms with E-state index in [1.807, 2.05) is 0 Å². The lowest BCUT2D eigenvalue weighted by atomic mass is 10.0. The summed E-state index contributed by atoms with van der Waals surface area (Å²) < 4.78 is 37.8. The molecule has 0 bridgehead atoms. The van der Waals surface area contributed by atoms with E-state index in [1.54, 1.807) is 18.2 Å². The molecule has 0 spiro atoms. The molecule has 0 atom stereocenters. The Morgan fingerprint density at radius 2 is 1.65 bits per heavy atom. The largest absolute Gasteiger partial charge is 0.508 e. The molecule has 0 aliphatic rings. The van der Waals surface area contributed by atoms with Crippen LogP contribution >= 0.6 is 0 Å². The number of hydrogen-bond acceptors (Lipinski definition) is 4. The third-order valence-electron chi connectivity index (χ3n) is 4.21. The van der Waals surface area contributed by atoms with Gasteiger partial charge in [0.1, 0.15) is 22.1 Å². The summed E-state index contributed by atoms with van der Waals surface area (Å²) in [6.45, 7) is 2.18. The normalized spacial score (nSPS) is 11.5. The minimum atomic E-state index is -4.37. The van der Waals surface area contributed by atoms with E-state index in [0.717, 1.165) is 24.8 Å². The predicted molar refractivity (Wildman–Crippen MR) is 102 cm³/mol. The summed E-state index contributed by atoms with van der Waals surface area (Å²) in [6, 6.07) is 10.7. The summed E-state index contributed by atoms with van der Waals surface area (Å²) in [6.07, 6.45) is 7.70. The molecule has 5 nitrogen and oxygen atoms in total. The second-order valence-corrected chi connectivity index (χ2v) is 7.72. The number of aryl methyl sites for hydroxylation is 1. The Balaban J connectivity index is 2.06. The van der Waals surface area contributed by atoms with Crippen LogP contribution in [0.4, 0.5) is 0 Å². The van der Waals surface area contributed by atoms with E-state index >= 15 is 0 Å². The zero-order valence-electron chi connectivity index (χ0n) is 15.0. The van der Waals surface area contributed by atoms with Gasteiger partial charge in [0, 0.05) is 0 Å². The van der Waals surface area contributed by atoms with Gasteiger partial charge in [-0.1, -0.05) is 51.2 Å². The molecule has 0 heterocycles. The highest BCUT2D eigenvalue weighted by Gasteiger charge is 2.16.